The van der Waals surface area contributed by atoms with Gasteiger partial charge in [0, 0.05) is 5.57 Å². The van der Waals surface area contributed by atoms with Crippen LogP contribution in [0.5, 0.6) is 0 Å². The molecule has 3 aromatic rings. The lowest BCUT2D eigenvalue weighted by atomic mass is 10.0. The smallest absolute Gasteiger partial charge is 0.254 e. The number of quaternary nitrogens is 1. The lowest BCUT2D eigenvalue weighted by Crippen LogP contribution is -2.50. The van der Waals surface area contributed by atoms with Crippen molar-refractivity contribution in [2.75, 3.05) is 6.54 Å². The predicted molar refractivity (Wildman–Crippen MR) is 103 cm³/mol. The number of rotatable bonds is 8. The molecule has 0 aliphatic carbocycles. The first-order valence-electron chi connectivity index (χ1n) is 8.77. The summed E-state index contributed by atoms with van der Waals surface area (Å²) in [6, 6.07) is 12.6. The second-order valence-corrected chi connectivity index (χ2v) is 6.92. The second kappa shape index (κ2) is 8.74. The minimum atomic E-state index is 0.618. The number of hydrogen-bond acceptors (Lipinski definition) is 4. The fourth-order valence-electron chi connectivity index (χ4n) is 2.64. The van der Waals surface area contributed by atoms with Crippen LogP contribution in [0.15, 0.2) is 46.3 Å². The average molecular weight is 354 g/mol. The number of allylic oxidation sites excluding steroid dienone is 1. The molecular weight excluding hydrogens is 330 g/mol. The first kappa shape index (κ1) is 17.6. The van der Waals surface area contributed by atoms with Crippen molar-refractivity contribution in [3.05, 3.63) is 58.8 Å². The quantitative estimate of drug-likeness (QED) is 0.613. The Morgan fingerprint density at radius 3 is 2.72 bits per heavy atom. The standard InChI is InChI=1S/C20H23N3OS/c1-2-15-8-10-16(11-9-15)14-17(6-3-4-12-21)20-22-19(23-24-20)18-7-5-13-25-18/h5,7-11,13-14H,2-4,6,12,21H2,1H3/p+1/b17-14+. The number of benzene rings is 1. The van der Waals surface area contributed by atoms with Crippen molar-refractivity contribution >= 4 is 23.0 Å². The zero-order valence-corrected chi connectivity index (χ0v) is 15.4. The van der Waals surface area contributed by atoms with Crippen molar-refractivity contribution in [1.29, 1.82) is 0 Å². The summed E-state index contributed by atoms with van der Waals surface area (Å²) in [7, 11) is 0. The minimum Gasteiger partial charge on any atom is -0.358 e. The highest BCUT2D eigenvalue weighted by Crippen LogP contribution is 2.27. The highest BCUT2D eigenvalue weighted by atomic mass is 32.1. The van der Waals surface area contributed by atoms with E-state index in [9.17, 15) is 0 Å². The molecule has 0 fully saturated rings. The van der Waals surface area contributed by atoms with E-state index in [1.807, 2.05) is 17.5 Å². The summed E-state index contributed by atoms with van der Waals surface area (Å²) >= 11 is 1.62. The summed E-state index contributed by atoms with van der Waals surface area (Å²) in [5, 5.41) is 6.17. The van der Waals surface area contributed by atoms with E-state index in [1.165, 1.54) is 5.56 Å². The number of aromatic nitrogens is 2. The Balaban J connectivity index is 1.86. The zero-order valence-electron chi connectivity index (χ0n) is 14.6. The van der Waals surface area contributed by atoms with Crippen LogP contribution in [0.25, 0.3) is 22.4 Å². The molecule has 25 heavy (non-hydrogen) atoms. The zero-order chi connectivity index (χ0) is 17.5. The van der Waals surface area contributed by atoms with Crippen LogP contribution in [0.2, 0.25) is 0 Å². The van der Waals surface area contributed by atoms with Gasteiger partial charge in [-0.15, -0.1) is 11.3 Å². The van der Waals surface area contributed by atoms with Crippen LogP contribution in [0.4, 0.5) is 0 Å². The van der Waals surface area contributed by atoms with Crippen molar-refractivity contribution in [1.82, 2.24) is 10.1 Å². The topological polar surface area (TPSA) is 66.6 Å². The van der Waals surface area contributed by atoms with E-state index in [2.05, 4.69) is 53.1 Å². The molecule has 0 amide bonds. The molecule has 3 N–H and O–H groups in total. The maximum atomic E-state index is 5.56. The van der Waals surface area contributed by atoms with Gasteiger partial charge < -0.3 is 10.3 Å². The van der Waals surface area contributed by atoms with Crippen LogP contribution in [-0.4, -0.2) is 16.7 Å². The number of unbranched alkanes of at least 4 members (excludes halogenated alkanes) is 1. The van der Waals surface area contributed by atoms with Gasteiger partial charge in [0.15, 0.2) is 0 Å². The highest BCUT2D eigenvalue weighted by Gasteiger charge is 2.13. The molecule has 0 saturated carbocycles. The summed E-state index contributed by atoms with van der Waals surface area (Å²) < 4.78 is 5.56. The van der Waals surface area contributed by atoms with Crippen molar-refractivity contribution in [2.45, 2.75) is 32.6 Å². The van der Waals surface area contributed by atoms with Gasteiger partial charge in [-0.05, 0) is 54.3 Å². The van der Waals surface area contributed by atoms with E-state index in [-0.39, 0.29) is 0 Å². The number of aryl methyl sites for hydroxylation is 1. The maximum absolute atomic E-state index is 5.56. The van der Waals surface area contributed by atoms with E-state index in [4.69, 9.17) is 4.52 Å². The summed E-state index contributed by atoms with van der Waals surface area (Å²) in [5.74, 6) is 1.28. The molecule has 0 radical (unpaired) electrons. The van der Waals surface area contributed by atoms with E-state index in [0.29, 0.717) is 11.7 Å². The molecule has 130 valence electrons. The number of thiophene rings is 1. The molecule has 3 rings (SSSR count). The molecule has 0 bridgehead atoms. The summed E-state index contributed by atoms with van der Waals surface area (Å²) in [4.78, 5) is 5.64. The van der Waals surface area contributed by atoms with Crippen LogP contribution in [0.3, 0.4) is 0 Å². The fraction of sp³-hybridized carbons (Fsp3) is 0.300. The van der Waals surface area contributed by atoms with Crippen LogP contribution >= 0.6 is 11.3 Å². The minimum absolute atomic E-state index is 0.618. The molecule has 0 aliphatic heterocycles. The first-order chi connectivity index (χ1) is 12.3. The molecule has 0 saturated heterocycles. The molecule has 4 nitrogen and oxygen atoms in total. The van der Waals surface area contributed by atoms with Gasteiger partial charge in [0.2, 0.25) is 5.82 Å². The lowest BCUT2D eigenvalue weighted by molar-refractivity contribution is -0.368. The van der Waals surface area contributed by atoms with Crippen molar-refractivity contribution in [3.8, 4) is 10.7 Å². The van der Waals surface area contributed by atoms with Gasteiger partial charge in [-0.2, -0.15) is 4.98 Å². The molecule has 1 aromatic carbocycles. The van der Waals surface area contributed by atoms with Crippen molar-refractivity contribution in [3.63, 3.8) is 0 Å². The fourth-order valence-corrected chi connectivity index (χ4v) is 3.29. The third kappa shape index (κ3) is 4.65. The van der Waals surface area contributed by atoms with Gasteiger partial charge >= 0.3 is 0 Å². The molecule has 2 aromatic heterocycles. The third-order valence-corrected chi connectivity index (χ3v) is 4.98. The summed E-state index contributed by atoms with van der Waals surface area (Å²) in [5.41, 5.74) is 7.52. The molecular formula is C20H24N3OS+. The van der Waals surface area contributed by atoms with Crippen molar-refractivity contribution < 1.29 is 10.3 Å². The second-order valence-electron chi connectivity index (χ2n) is 5.98. The van der Waals surface area contributed by atoms with Crippen LogP contribution in [0, 0.1) is 0 Å². The van der Waals surface area contributed by atoms with E-state index >= 15 is 0 Å². The SMILES string of the molecule is CCc1ccc(/C=C(\CCCC[NH3+])c2nc(-c3cccs3)no2)cc1. The van der Waals surface area contributed by atoms with Gasteiger partial charge in [0.25, 0.3) is 5.89 Å². The van der Waals surface area contributed by atoms with Crippen LogP contribution in [0.1, 0.15) is 43.2 Å². The van der Waals surface area contributed by atoms with Crippen molar-refractivity contribution in [2.24, 2.45) is 0 Å². The molecule has 5 heteroatoms. The Morgan fingerprint density at radius 1 is 1.20 bits per heavy atom. The molecule has 0 atom stereocenters. The van der Waals surface area contributed by atoms with Gasteiger partial charge in [-0.1, -0.05) is 42.4 Å². The van der Waals surface area contributed by atoms with E-state index < -0.39 is 0 Å². The number of nitrogens with zero attached hydrogens (tertiary/aromatic N) is 2. The average Bonchev–Trinajstić information content (AvgIpc) is 3.33. The number of hydrogen-bond donors (Lipinski definition) is 1. The molecule has 0 unspecified atom stereocenters. The highest BCUT2D eigenvalue weighted by molar-refractivity contribution is 7.13. The molecule has 0 aliphatic rings. The summed E-state index contributed by atoms with van der Waals surface area (Å²) in [6.07, 6.45) is 6.29. The summed E-state index contributed by atoms with van der Waals surface area (Å²) in [6.45, 7) is 3.11. The lowest BCUT2D eigenvalue weighted by Gasteiger charge is -2.03. The maximum Gasteiger partial charge on any atom is 0.254 e. The Morgan fingerprint density at radius 2 is 2.04 bits per heavy atom. The van der Waals surface area contributed by atoms with Crippen LogP contribution < -0.4 is 5.73 Å². The Kier molecular flexibility index (Phi) is 6.14. The normalized spacial score (nSPS) is 11.8. The first-order valence-corrected chi connectivity index (χ1v) is 9.65. The van der Waals surface area contributed by atoms with Crippen LogP contribution in [-0.2, 0) is 6.42 Å². The van der Waals surface area contributed by atoms with E-state index in [1.54, 1.807) is 11.3 Å². The predicted octanol–water partition coefficient (Wildman–Crippen LogP) is 4.31. The Labute approximate surface area is 152 Å². The third-order valence-electron chi connectivity index (χ3n) is 4.12. The van der Waals surface area contributed by atoms with E-state index in [0.717, 1.165) is 48.2 Å². The van der Waals surface area contributed by atoms with Gasteiger partial charge in [0.1, 0.15) is 0 Å². The van der Waals surface area contributed by atoms with Gasteiger partial charge in [0.05, 0.1) is 11.4 Å². The van der Waals surface area contributed by atoms with Gasteiger partial charge in [-0.25, -0.2) is 0 Å². The monoisotopic (exact) mass is 354 g/mol. The largest absolute Gasteiger partial charge is 0.358 e. The van der Waals surface area contributed by atoms with Gasteiger partial charge in [-0.3, -0.25) is 0 Å². The Bertz CT molecular complexity index is 804. The molecule has 2 heterocycles. The Hall–Kier alpha value is -2.24. The molecule has 0 spiro atoms.